The molecule has 0 saturated heterocycles. The minimum atomic E-state index is -0.132. The first kappa shape index (κ1) is 17.4. The van der Waals surface area contributed by atoms with Crippen LogP contribution in [0, 0.1) is 6.92 Å². The third-order valence-corrected chi connectivity index (χ3v) is 4.66. The van der Waals surface area contributed by atoms with Crippen LogP contribution in [0.25, 0.3) is 10.9 Å². The Labute approximate surface area is 152 Å². The Kier molecular flexibility index (Phi) is 5.29. The van der Waals surface area contributed by atoms with Crippen molar-refractivity contribution in [1.29, 1.82) is 0 Å². The second-order valence-electron chi connectivity index (χ2n) is 5.98. The van der Waals surface area contributed by atoms with E-state index >= 15 is 0 Å². The van der Waals surface area contributed by atoms with Crippen LogP contribution in [0.5, 0.6) is 5.75 Å². The summed E-state index contributed by atoms with van der Waals surface area (Å²) in [5.74, 6) is 0.497. The van der Waals surface area contributed by atoms with Gasteiger partial charge in [0.25, 0.3) is 5.91 Å². The fraction of sp³-hybridized carbons (Fsp3) is 0.250. The van der Waals surface area contributed by atoms with Gasteiger partial charge in [-0.1, -0.05) is 29.8 Å². The number of hydrogen-bond donors (Lipinski definition) is 1. The molecule has 0 atom stereocenters. The van der Waals surface area contributed by atoms with Crippen LogP contribution in [0.15, 0.2) is 48.5 Å². The number of amides is 1. The SMILES string of the molecule is Cc1c(CCNC(=O)COc2ccc(Cl)cc2)c2ccccc2n1C. The summed E-state index contributed by atoms with van der Waals surface area (Å²) in [6.45, 7) is 2.69. The molecule has 0 aliphatic rings. The predicted molar refractivity (Wildman–Crippen MR) is 101 cm³/mol. The monoisotopic (exact) mass is 356 g/mol. The van der Waals surface area contributed by atoms with E-state index in [-0.39, 0.29) is 12.5 Å². The van der Waals surface area contributed by atoms with E-state index in [4.69, 9.17) is 16.3 Å². The Morgan fingerprint density at radius 3 is 2.64 bits per heavy atom. The molecule has 0 bridgehead atoms. The molecule has 0 saturated carbocycles. The smallest absolute Gasteiger partial charge is 0.257 e. The van der Waals surface area contributed by atoms with Crippen molar-refractivity contribution in [1.82, 2.24) is 9.88 Å². The number of aryl methyl sites for hydroxylation is 1. The van der Waals surface area contributed by atoms with Crippen molar-refractivity contribution in [3.8, 4) is 5.75 Å². The van der Waals surface area contributed by atoms with E-state index in [1.54, 1.807) is 24.3 Å². The highest BCUT2D eigenvalue weighted by molar-refractivity contribution is 6.30. The zero-order valence-corrected chi connectivity index (χ0v) is 15.1. The van der Waals surface area contributed by atoms with Crippen LogP contribution in [-0.2, 0) is 18.3 Å². The van der Waals surface area contributed by atoms with Crippen molar-refractivity contribution in [2.75, 3.05) is 13.2 Å². The Morgan fingerprint density at radius 2 is 1.88 bits per heavy atom. The van der Waals surface area contributed by atoms with Gasteiger partial charge in [0.15, 0.2) is 6.61 Å². The average molecular weight is 357 g/mol. The van der Waals surface area contributed by atoms with Crippen LogP contribution in [-0.4, -0.2) is 23.6 Å². The molecule has 0 fully saturated rings. The lowest BCUT2D eigenvalue weighted by molar-refractivity contribution is -0.123. The van der Waals surface area contributed by atoms with Gasteiger partial charge in [-0.2, -0.15) is 0 Å². The molecular formula is C20H21ClN2O2. The molecule has 1 amide bonds. The van der Waals surface area contributed by atoms with E-state index < -0.39 is 0 Å². The normalized spacial score (nSPS) is 10.8. The minimum absolute atomic E-state index is 0.00382. The summed E-state index contributed by atoms with van der Waals surface area (Å²) >= 11 is 5.82. The summed E-state index contributed by atoms with van der Waals surface area (Å²) in [6.07, 6.45) is 0.792. The highest BCUT2D eigenvalue weighted by atomic mass is 35.5. The number of carbonyl (C=O) groups excluding carboxylic acids is 1. The molecule has 3 aromatic rings. The molecule has 4 nitrogen and oxygen atoms in total. The lowest BCUT2D eigenvalue weighted by Gasteiger charge is -2.08. The minimum Gasteiger partial charge on any atom is -0.484 e. The second kappa shape index (κ2) is 7.62. The maximum Gasteiger partial charge on any atom is 0.257 e. The first-order valence-corrected chi connectivity index (χ1v) is 8.62. The van der Waals surface area contributed by atoms with E-state index in [2.05, 4.69) is 36.0 Å². The van der Waals surface area contributed by atoms with E-state index in [1.807, 2.05) is 12.1 Å². The number of benzene rings is 2. The Morgan fingerprint density at radius 1 is 1.16 bits per heavy atom. The van der Waals surface area contributed by atoms with Gasteiger partial charge >= 0.3 is 0 Å². The lowest BCUT2D eigenvalue weighted by Crippen LogP contribution is -2.30. The highest BCUT2D eigenvalue weighted by Gasteiger charge is 2.11. The van der Waals surface area contributed by atoms with E-state index in [0.29, 0.717) is 17.3 Å². The van der Waals surface area contributed by atoms with Gasteiger partial charge in [-0.15, -0.1) is 0 Å². The van der Waals surface area contributed by atoms with Gasteiger partial charge in [0, 0.05) is 35.2 Å². The second-order valence-corrected chi connectivity index (χ2v) is 6.42. The number of ether oxygens (including phenoxy) is 1. The fourth-order valence-corrected chi connectivity index (χ4v) is 3.10. The summed E-state index contributed by atoms with van der Waals surface area (Å²) in [5.41, 5.74) is 3.72. The number of rotatable bonds is 6. The van der Waals surface area contributed by atoms with Crippen molar-refractivity contribution in [2.24, 2.45) is 7.05 Å². The standard InChI is InChI=1S/C20H21ClN2O2/c1-14-17(18-5-3-4-6-19(18)23(14)2)11-12-22-20(24)13-25-16-9-7-15(21)8-10-16/h3-10H,11-13H2,1-2H3,(H,22,24). The molecule has 0 radical (unpaired) electrons. The number of aromatic nitrogens is 1. The molecule has 0 aliphatic heterocycles. The number of nitrogens with zero attached hydrogens (tertiary/aromatic N) is 1. The zero-order valence-electron chi connectivity index (χ0n) is 14.4. The summed E-state index contributed by atoms with van der Waals surface area (Å²) in [7, 11) is 2.07. The van der Waals surface area contributed by atoms with E-state index in [0.717, 1.165) is 6.42 Å². The number of carbonyl (C=O) groups is 1. The van der Waals surface area contributed by atoms with Crippen molar-refractivity contribution in [3.05, 3.63) is 64.8 Å². The highest BCUT2D eigenvalue weighted by Crippen LogP contribution is 2.24. The van der Waals surface area contributed by atoms with Gasteiger partial charge in [0.2, 0.25) is 0 Å². The molecule has 25 heavy (non-hydrogen) atoms. The molecule has 1 aromatic heterocycles. The topological polar surface area (TPSA) is 43.3 Å². The van der Waals surface area contributed by atoms with Crippen LogP contribution in [0.4, 0.5) is 0 Å². The zero-order chi connectivity index (χ0) is 17.8. The van der Waals surface area contributed by atoms with Gasteiger partial charge < -0.3 is 14.6 Å². The summed E-state index contributed by atoms with van der Waals surface area (Å²) in [5, 5.41) is 4.80. The number of hydrogen-bond acceptors (Lipinski definition) is 2. The number of nitrogens with one attached hydrogen (secondary N) is 1. The number of fused-ring (bicyclic) bond motifs is 1. The van der Waals surface area contributed by atoms with Crippen LogP contribution < -0.4 is 10.1 Å². The van der Waals surface area contributed by atoms with Gasteiger partial charge in [-0.05, 0) is 49.2 Å². The molecule has 2 aromatic carbocycles. The van der Waals surface area contributed by atoms with E-state index in [9.17, 15) is 4.79 Å². The van der Waals surface area contributed by atoms with Crippen LogP contribution >= 0.6 is 11.6 Å². The summed E-state index contributed by atoms with van der Waals surface area (Å²) in [6, 6.07) is 15.3. The fourth-order valence-electron chi connectivity index (χ4n) is 2.97. The summed E-state index contributed by atoms with van der Waals surface area (Å²) in [4.78, 5) is 12.0. The molecule has 1 heterocycles. The van der Waals surface area contributed by atoms with Crippen molar-refractivity contribution < 1.29 is 9.53 Å². The third kappa shape index (κ3) is 3.97. The predicted octanol–water partition coefficient (Wildman–Crippen LogP) is 3.88. The van der Waals surface area contributed by atoms with Crippen LogP contribution in [0.3, 0.4) is 0 Å². The average Bonchev–Trinajstić information content (AvgIpc) is 2.86. The van der Waals surface area contributed by atoms with Gasteiger partial charge in [-0.3, -0.25) is 4.79 Å². The maximum absolute atomic E-state index is 12.0. The number of halogens is 1. The molecule has 0 spiro atoms. The van der Waals surface area contributed by atoms with Crippen molar-refractivity contribution in [3.63, 3.8) is 0 Å². The summed E-state index contributed by atoms with van der Waals surface area (Å²) < 4.78 is 7.64. The molecule has 5 heteroatoms. The number of para-hydroxylation sites is 1. The van der Waals surface area contributed by atoms with Gasteiger partial charge in [0.1, 0.15) is 5.75 Å². The van der Waals surface area contributed by atoms with Crippen LogP contribution in [0.2, 0.25) is 5.02 Å². The molecule has 130 valence electrons. The Bertz CT molecular complexity index is 885. The first-order chi connectivity index (χ1) is 12.1. The third-order valence-electron chi connectivity index (χ3n) is 4.41. The Balaban J connectivity index is 1.53. The Hall–Kier alpha value is -2.46. The molecule has 3 rings (SSSR count). The van der Waals surface area contributed by atoms with Crippen molar-refractivity contribution >= 4 is 28.4 Å². The molecular weight excluding hydrogens is 336 g/mol. The molecule has 1 N–H and O–H groups in total. The lowest BCUT2D eigenvalue weighted by atomic mass is 10.1. The largest absolute Gasteiger partial charge is 0.484 e. The molecule has 0 aliphatic carbocycles. The quantitative estimate of drug-likeness (QED) is 0.728. The van der Waals surface area contributed by atoms with E-state index in [1.165, 1.54) is 22.2 Å². The van der Waals surface area contributed by atoms with Gasteiger partial charge in [0.05, 0.1) is 0 Å². The molecule has 0 unspecified atom stereocenters. The van der Waals surface area contributed by atoms with Crippen molar-refractivity contribution in [2.45, 2.75) is 13.3 Å². The first-order valence-electron chi connectivity index (χ1n) is 8.24. The van der Waals surface area contributed by atoms with Crippen LogP contribution in [0.1, 0.15) is 11.3 Å². The maximum atomic E-state index is 12.0. The van der Waals surface area contributed by atoms with Gasteiger partial charge in [-0.25, -0.2) is 0 Å².